The van der Waals surface area contributed by atoms with Crippen LogP contribution in [0.3, 0.4) is 0 Å². The standard InChI is InChI=1S/C14H21N3O2/c1-11-7-12(9-15)8-13(16-11)17-4-2-3-14(10-17)18-5-6-19-14/h7-8H,2-6,9-10,15H2,1H3. The highest BCUT2D eigenvalue weighted by Crippen LogP contribution is 2.32. The number of anilines is 1. The van der Waals surface area contributed by atoms with Crippen molar-refractivity contribution in [3.05, 3.63) is 23.4 Å². The van der Waals surface area contributed by atoms with Crippen LogP contribution in [0.15, 0.2) is 12.1 Å². The average molecular weight is 263 g/mol. The van der Waals surface area contributed by atoms with Crippen molar-refractivity contribution in [2.75, 3.05) is 31.2 Å². The Morgan fingerprint density at radius 2 is 2.16 bits per heavy atom. The number of hydrogen-bond donors (Lipinski definition) is 1. The quantitative estimate of drug-likeness (QED) is 0.868. The summed E-state index contributed by atoms with van der Waals surface area (Å²) in [6, 6.07) is 4.10. The molecule has 0 radical (unpaired) electrons. The molecule has 5 heteroatoms. The second kappa shape index (κ2) is 5.07. The molecule has 0 unspecified atom stereocenters. The molecule has 0 bridgehead atoms. The van der Waals surface area contributed by atoms with Crippen molar-refractivity contribution in [2.24, 2.45) is 5.73 Å². The van der Waals surface area contributed by atoms with E-state index in [4.69, 9.17) is 15.2 Å². The molecule has 1 spiro atoms. The Bertz CT molecular complexity index is 458. The number of nitrogens with two attached hydrogens (primary N) is 1. The molecule has 0 saturated carbocycles. The van der Waals surface area contributed by atoms with Gasteiger partial charge in [0.2, 0.25) is 0 Å². The van der Waals surface area contributed by atoms with Gasteiger partial charge in [0.25, 0.3) is 0 Å². The molecule has 2 saturated heterocycles. The molecule has 0 amide bonds. The van der Waals surface area contributed by atoms with E-state index in [-0.39, 0.29) is 0 Å². The van der Waals surface area contributed by atoms with Crippen LogP contribution in [0.25, 0.3) is 0 Å². The lowest BCUT2D eigenvalue weighted by Gasteiger charge is -2.39. The summed E-state index contributed by atoms with van der Waals surface area (Å²) in [6.07, 6.45) is 2.03. The van der Waals surface area contributed by atoms with Gasteiger partial charge in [0, 0.05) is 25.2 Å². The lowest BCUT2D eigenvalue weighted by atomic mass is 10.0. The Morgan fingerprint density at radius 1 is 1.37 bits per heavy atom. The monoisotopic (exact) mass is 263 g/mol. The maximum atomic E-state index is 5.80. The largest absolute Gasteiger partial charge is 0.351 e. The molecule has 0 aromatic carbocycles. The molecule has 1 aromatic rings. The van der Waals surface area contributed by atoms with Crippen LogP contribution in [0.2, 0.25) is 0 Å². The summed E-state index contributed by atoms with van der Waals surface area (Å²) in [6.45, 7) is 5.70. The maximum absolute atomic E-state index is 5.80. The van der Waals surface area contributed by atoms with Crippen molar-refractivity contribution in [1.29, 1.82) is 0 Å². The van der Waals surface area contributed by atoms with Gasteiger partial charge in [-0.2, -0.15) is 0 Å². The third-order valence-electron chi connectivity index (χ3n) is 3.79. The first-order valence-corrected chi connectivity index (χ1v) is 6.91. The van der Waals surface area contributed by atoms with E-state index in [1.54, 1.807) is 0 Å². The minimum absolute atomic E-state index is 0.410. The molecule has 3 heterocycles. The fraction of sp³-hybridized carbons (Fsp3) is 0.643. The topological polar surface area (TPSA) is 60.6 Å². The smallest absolute Gasteiger partial charge is 0.186 e. The zero-order valence-electron chi connectivity index (χ0n) is 11.4. The third kappa shape index (κ3) is 2.59. The van der Waals surface area contributed by atoms with Crippen LogP contribution in [0.4, 0.5) is 5.82 Å². The van der Waals surface area contributed by atoms with Gasteiger partial charge in [-0.05, 0) is 31.0 Å². The Balaban J connectivity index is 1.83. The maximum Gasteiger partial charge on any atom is 0.186 e. The first kappa shape index (κ1) is 12.8. The summed E-state index contributed by atoms with van der Waals surface area (Å²) in [5.74, 6) is 0.575. The van der Waals surface area contributed by atoms with Crippen molar-refractivity contribution in [2.45, 2.75) is 32.1 Å². The van der Waals surface area contributed by atoms with Crippen LogP contribution in [0.5, 0.6) is 0 Å². The lowest BCUT2D eigenvalue weighted by Crippen LogP contribution is -2.49. The Labute approximate surface area is 113 Å². The summed E-state index contributed by atoms with van der Waals surface area (Å²) in [5.41, 5.74) is 7.86. The normalized spacial score (nSPS) is 22.1. The Hall–Kier alpha value is -1.17. The molecule has 0 aliphatic carbocycles. The molecule has 19 heavy (non-hydrogen) atoms. The van der Waals surface area contributed by atoms with Crippen LogP contribution < -0.4 is 10.6 Å². The Morgan fingerprint density at radius 3 is 2.89 bits per heavy atom. The van der Waals surface area contributed by atoms with Crippen molar-refractivity contribution in [3.63, 3.8) is 0 Å². The van der Waals surface area contributed by atoms with Gasteiger partial charge in [-0.1, -0.05) is 0 Å². The van der Waals surface area contributed by atoms with E-state index in [2.05, 4.69) is 16.0 Å². The highest BCUT2D eigenvalue weighted by Gasteiger charge is 2.41. The molecule has 0 atom stereocenters. The van der Waals surface area contributed by atoms with E-state index in [9.17, 15) is 0 Å². The zero-order chi connectivity index (χ0) is 13.3. The highest BCUT2D eigenvalue weighted by molar-refractivity contribution is 5.43. The zero-order valence-corrected chi connectivity index (χ0v) is 11.4. The Kier molecular flexibility index (Phi) is 3.43. The molecular weight excluding hydrogens is 242 g/mol. The summed E-state index contributed by atoms with van der Waals surface area (Å²) < 4.78 is 11.6. The second-order valence-electron chi connectivity index (χ2n) is 5.31. The van der Waals surface area contributed by atoms with E-state index in [1.807, 2.05) is 13.0 Å². The van der Waals surface area contributed by atoms with Crippen molar-refractivity contribution >= 4 is 5.82 Å². The highest BCUT2D eigenvalue weighted by atomic mass is 16.7. The lowest BCUT2D eigenvalue weighted by molar-refractivity contribution is -0.161. The minimum Gasteiger partial charge on any atom is -0.351 e. The van der Waals surface area contributed by atoms with Crippen molar-refractivity contribution < 1.29 is 9.47 Å². The molecule has 2 N–H and O–H groups in total. The fourth-order valence-electron chi connectivity index (χ4n) is 2.92. The van der Waals surface area contributed by atoms with E-state index in [1.165, 1.54) is 0 Å². The molecule has 2 fully saturated rings. The number of aryl methyl sites for hydroxylation is 1. The number of pyridine rings is 1. The molecule has 5 nitrogen and oxygen atoms in total. The molecule has 2 aliphatic heterocycles. The third-order valence-corrected chi connectivity index (χ3v) is 3.79. The number of rotatable bonds is 2. The van der Waals surface area contributed by atoms with Gasteiger partial charge in [-0.25, -0.2) is 4.98 Å². The van der Waals surface area contributed by atoms with E-state index < -0.39 is 5.79 Å². The summed E-state index contributed by atoms with van der Waals surface area (Å²) >= 11 is 0. The van der Waals surface area contributed by atoms with Crippen molar-refractivity contribution in [1.82, 2.24) is 4.98 Å². The van der Waals surface area contributed by atoms with Crippen LogP contribution in [-0.2, 0) is 16.0 Å². The van der Waals surface area contributed by atoms with Gasteiger partial charge < -0.3 is 20.1 Å². The van der Waals surface area contributed by atoms with Crippen LogP contribution >= 0.6 is 0 Å². The number of aromatic nitrogens is 1. The van der Waals surface area contributed by atoms with Crippen LogP contribution in [-0.4, -0.2) is 37.1 Å². The van der Waals surface area contributed by atoms with Gasteiger partial charge in [0.15, 0.2) is 5.79 Å². The average Bonchev–Trinajstić information content (AvgIpc) is 2.86. The van der Waals surface area contributed by atoms with Crippen LogP contribution in [0.1, 0.15) is 24.1 Å². The SMILES string of the molecule is Cc1cc(CN)cc(N2CCCC3(C2)OCCO3)n1. The summed E-state index contributed by atoms with van der Waals surface area (Å²) in [4.78, 5) is 6.87. The molecule has 1 aromatic heterocycles. The first-order valence-electron chi connectivity index (χ1n) is 6.91. The number of ether oxygens (including phenoxy) is 2. The van der Waals surface area contributed by atoms with Gasteiger partial charge in [-0.3, -0.25) is 0 Å². The van der Waals surface area contributed by atoms with E-state index in [0.717, 1.165) is 43.0 Å². The minimum atomic E-state index is -0.410. The molecular formula is C14H21N3O2. The fourth-order valence-corrected chi connectivity index (χ4v) is 2.92. The number of piperidine rings is 1. The van der Waals surface area contributed by atoms with E-state index >= 15 is 0 Å². The number of nitrogens with zero attached hydrogens (tertiary/aromatic N) is 2. The van der Waals surface area contributed by atoms with Crippen LogP contribution in [0, 0.1) is 6.92 Å². The molecule has 104 valence electrons. The molecule has 3 rings (SSSR count). The second-order valence-corrected chi connectivity index (χ2v) is 5.31. The predicted octanol–water partition coefficient (Wildman–Crippen LogP) is 1.19. The molecule has 2 aliphatic rings. The first-order chi connectivity index (χ1) is 9.21. The van der Waals surface area contributed by atoms with Gasteiger partial charge in [0.1, 0.15) is 5.82 Å². The van der Waals surface area contributed by atoms with E-state index in [0.29, 0.717) is 19.8 Å². The predicted molar refractivity (Wildman–Crippen MR) is 72.9 cm³/mol. The van der Waals surface area contributed by atoms with Gasteiger partial charge >= 0.3 is 0 Å². The summed E-state index contributed by atoms with van der Waals surface area (Å²) in [7, 11) is 0. The van der Waals surface area contributed by atoms with Gasteiger partial charge in [-0.15, -0.1) is 0 Å². The number of hydrogen-bond acceptors (Lipinski definition) is 5. The van der Waals surface area contributed by atoms with Gasteiger partial charge in [0.05, 0.1) is 19.8 Å². The van der Waals surface area contributed by atoms with Crippen molar-refractivity contribution in [3.8, 4) is 0 Å². The summed E-state index contributed by atoms with van der Waals surface area (Å²) in [5, 5.41) is 0.